The van der Waals surface area contributed by atoms with Crippen LogP contribution in [0.25, 0.3) is 11.1 Å². The van der Waals surface area contributed by atoms with E-state index < -0.39 is 0 Å². The number of para-hydroxylation sites is 1. The summed E-state index contributed by atoms with van der Waals surface area (Å²) in [5.74, 6) is 1.48. The zero-order valence-corrected chi connectivity index (χ0v) is 15.3. The van der Waals surface area contributed by atoms with E-state index in [0.717, 1.165) is 12.3 Å². The number of hydrogen-bond acceptors (Lipinski definition) is 2. The van der Waals surface area contributed by atoms with Crippen LogP contribution in [0.4, 0.5) is 5.69 Å². The van der Waals surface area contributed by atoms with E-state index in [1.165, 1.54) is 35.2 Å². The number of rotatable bonds is 5. The molecule has 1 aromatic heterocycles. The van der Waals surface area contributed by atoms with Crippen LogP contribution < -0.4 is 5.32 Å². The Bertz CT molecular complexity index is 812. The van der Waals surface area contributed by atoms with Crippen molar-refractivity contribution in [1.29, 1.82) is 0 Å². The van der Waals surface area contributed by atoms with Crippen molar-refractivity contribution >= 4 is 5.69 Å². The highest BCUT2D eigenvalue weighted by atomic mass is 14.9. The van der Waals surface area contributed by atoms with Crippen molar-refractivity contribution in [3.05, 3.63) is 84.7 Å². The largest absolute Gasteiger partial charge is 0.382 e. The fraction of sp³-hybridized carbons (Fsp3) is 0.292. The molecule has 0 aliphatic heterocycles. The van der Waals surface area contributed by atoms with Crippen molar-refractivity contribution in [2.45, 2.75) is 32.2 Å². The molecule has 3 atom stereocenters. The fourth-order valence-corrected chi connectivity index (χ4v) is 4.23. The Hall–Kier alpha value is -2.61. The van der Waals surface area contributed by atoms with Gasteiger partial charge in [-0.2, -0.15) is 0 Å². The number of pyridine rings is 1. The first-order valence-electron chi connectivity index (χ1n) is 9.59. The zero-order chi connectivity index (χ0) is 17.8. The Balaban J connectivity index is 1.45. The maximum Gasteiger partial charge on any atom is 0.0342 e. The van der Waals surface area contributed by atoms with Crippen molar-refractivity contribution in [1.82, 2.24) is 4.98 Å². The SMILES string of the molecule is CC1CC(Cc2ccc(-c3ccncc3)cc2)C(Nc2ccccc2)C1. The maximum atomic E-state index is 4.10. The van der Waals surface area contributed by atoms with Crippen LogP contribution in [0.2, 0.25) is 0 Å². The van der Waals surface area contributed by atoms with Gasteiger partial charge < -0.3 is 5.32 Å². The number of anilines is 1. The van der Waals surface area contributed by atoms with Crippen LogP contribution in [-0.4, -0.2) is 11.0 Å². The Kier molecular flexibility index (Phi) is 5.01. The van der Waals surface area contributed by atoms with Crippen LogP contribution in [0.1, 0.15) is 25.3 Å². The standard InChI is InChI=1S/C24H26N2/c1-18-15-22(24(16-18)26-23-5-3-2-4-6-23)17-19-7-9-20(10-8-19)21-11-13-25-14-12-21/h2-14,18,22,24,26H,15-17H2,1H3. The minimum atomic E-state index is 0.562. The first kappa shape index (κ1) is 16.8. The first-order valence-corrected chi connectivity index (χ1v) is 9.59. The molecule has 1 N–H and O–H groups in total. The van der Waals surface area contributed by atoms with Crippen LogP contribution in [0, 0.1) is 11.8 Å². The van der Waals surface area contributed by atoms with E-state index in [1.54, 1.807) is 0 Å². The highest BCUT2D eigenvalue weighted by Crippen LogP contribution is 2.35. The normalized spacial score (nSPS) is 22.3. The molecule has 3 unspecified atom stereocenters. The van der Waals surface area contributed by atoms with Gasteiger partial charge >= 0.3 is 0 Å². The van der Waals surface area contributed by atoms with Crippen LogP contribution in [0.5, 0.6) is 0 Å². The third-order valence-corrected chi connectivity index (χ3v) is 5.52. The van der Waals surface area contributed by atoms with Gasteiger partial charge in [-0.1, -0.05) is 49.4 Å². The molecule has 1 aliphatic rings. The highest BCUT2D eigenvalue weighted by molar-refractivity contribution is 5.62. The molecule has 2 aromatic carbocycles. The lowest BCUT2D eigenvalue weighted by atomic mass is 9.93. The molecule has 0 radical (unpaired) electrons. The minimum absolute atomic E-state index is 0.562. The predicted octanol–water partition coefficient (Wildman–Crippen LogP) is 5.82. The molecule has 2 heteroatoms. The first-order chi connectivity index (χ1) is 12.8. The Morgan fingerprint density at radius 1 is 0.846 bits per heavy atom. The van der Waals surface area contributed by atoms with E-state index in [0.29, 0.717) is 12.0 Å². The summed E-state index contributed by atoms with van der Waals surface area (Å²) in [6.45, 7) is 2.38. The van der Waals surface area contributed by atoms with E-state index >= 15 is 0 Å². The smallest absolute Gasteiger partial charge is 0.0342 e. The topological polar surface area (TPSA) is 24.9 Å². The van der Waals surface area contributed by atoms with E-state index in [1.807, 2.05) is 12.4 Å². The van der Waals surface area contributed by atoms with Crippen molar-refractivity contribution in [3.63, 3.8) is 0 Å². The summed E-state index contributed by atoms with van der Waals surface area (Å²) in [5.41, 5.74) is 5.16. The molecular formula is C24H26N2. The summed E-state index contributed by atoms with van der Waals surface area (Å²) < 4.78 is 0. The number of nitrogens with one attached hydrogen (secondary N) is 1. The molecule has 0 saturated heterocycles. The summed E-state index contributed by atoms with van der Waals surface area (Å²) in [6, 6.07) is 24.4. The van der Waals surface area contributed by atoms with Gasteiger partial charge in [0.15, 0.2) is 0 Å². The fourth-order valence-electron chi connectivity index (χ4n) is 4.23. The molecule has 1 aliphatic carbocycles. The Labute approximate surface area is 156 Å². The van der Waals surface area contributed by atoms with Crippen LogP contribution in [0.3, 0.4) is 0 Å². The average molecular weight is 342 g/mol. The molecule has 1 heterocycles. The second-order valence-electron chi connectivity index (χ2n) is 7.59. The van der Waals surface area contributed by atoms with E-state index in [9.17, 15) is 0 Å². The molecule has 132 valence electrons. The molecule has 0 bridgehead atoms. The number of nitrogens with zero attached hydrogens (tertiary/aromatic N) is 1. The maximum absolute atomic E-state index is 4.10. The summed E-state index contributed by atoms with van der Waals surface area (Å²) in [5, 5.41) is 3.77. The molecule has 4 rings (SSSR count). The van der Waals surface area contributed by atoms with Gasteiger partial charge in [0.1, 0.15) is 0 Å². The van der Waals surface area contributed by atoms with Crippen molar-refractivity contribution in [3.8, 4) is 11.1 Å². The van der Waals surface area contributed by atoms with Crippen LogP contribution in [-0.2, 0) is 6.42 Å². The molecule has 2 nitrogen and oxygen atoms in total. The van der Waals surface area contributed by atoms with E-state index in [4.69, 9.17) is 0 Å². The van der Waals surface area contributed by atoms with Gasteiger partial charge in [-0.25, -0.2) is 0 Å². The zero-order valence-electron chi connectivity index (χ0n) is 15.3. The summed E-state index contributed by atoms with van der Waals surface area (Å²) >= 11 is 0. The number of aromatic nitrogens is 1. The average Bonchev–Trinajstić information content (AvgIpc) is 3.02. The lowest BCUT2D eigenvalue weighted by Gasteiger charge is -2.22. The third kappa shape index (κ3) is 3.96. The number of hydrogen-bond donors (Lipinski definition) is 1. The van der Waals surface area contributed by atoms with Crippen molar-refractivity contribution < 1.29 is 0 Å². The summed E-state index contributed by atoms with van der Waals surface area (Å²) in [6.07, 6.45) is 7.41. The highest BCUT2D eigenvalue weighted by Gasteiger charge is 2.31. The van der Waals surface area contributed by atoms with Crippen LogP contribution >= 0.6 is 0 Å². The van der Waals surface area contributed by atoms with Gasteiger partial charge in [-0.05, 0) is 72.1 Å². The summed E-state index contributed by atoms with van der Waals surface area (Å²) in [4.78, 5) is 4.10. The van der Waals surface area contributed by atoms with Gasteiger partial charge in [0, 0.05) is 24.1 Å². The molecule has 0 spiro atoms. The Morgan fingerprint density at radius 2 is 1.54 bits per heavy atom. The quantitative estimate of drug-likeness (QED) is 0.632. The molecule has 1 saturated carbocycles. The Morgan fingerprint density at radius 3 is 2.27 bits per heavy atom. The molecule has 0 amide bonds. The lowest BCUT2D eigenvalue weighted by molar-refractivity contribution is 0.490. The second kappa shape index (κ2) is 7.74. The van der Waals surface area contributed by atoms with Gasteiger partial charge in [0.25, 0.3) is 0 Å². The van der Waals surface area contributed by atoms with Gasteiger partial charge in [-0.3, -0.25) is 4.98 Å². The van der Waals surface area contributed by atoms with Gasteiger partial charge in [-0.15, -0.1) is 0 Å². The van der Waals surface area contributed by atoms with E-state index in [2.05, 4.69) is 84.0 Å². The molecule has 3 aromatic rings. The van der Waals surface area contributed by atoms with Gasteiger partial charge in [0.05, 0.1) is 0 Å². The van der Waals surface area contributed by atoms with Gasteiger partial charge in [0.2, 0.25) is 0 Å². The third-order valence-electron chi connectivity index (χ3n) is 5.52. The van der Waals surface area contributed by atoms with Crippen LogP contribution in [0.15, 0.2) is 79.1 Å². The summed E-state index contributed by atoms with van der Waals surface area (Å²) in [7, 11) is 0. The second-order valence-corrected chi connectivity index (χ2v) is 7.59. The predicted molar refractivity (Wildman–Crippen MR) is 109 cm³/mol. The molecule has 1 fully saturated rings. The van der Waals surface area contributed by atoms with E-state index in [-0.39, 0.29) is 0 Å². The molecule has 26 heavy (non-hydrogen) atoms. The number of benzene rings is 2. The molecular weight excluding hydrogens is 316 g/mol. The lowest BCUT2D eigenvalue weighted by Crippen LogP contribution is -2.25. The monoisotopic (exact) mass is 342 g/mol. The minimum Gasteiger partial charge on any atom is -0.382 e. The van der Waals surface area contributed by atoms with Crippen molar-refractivity contribution in [2.75, 3.05) is 5.32 Å². The van der Waals surface area contributed by atoms with Crippen molar-refractivity contribution in [2.24, 2.45) is 11.8 Å².